The lowest BCUT2D eigenvalue weighted by atomic mass is 10.2. The van der Waals surface area contributed by atoms with Gasteiger partial charge in [-0.15, -0.1) is 0 Å². The number of nitrogens with one attached hydrogen (secondary N) is 1. The Bertz CT molecular complexity index is 1050. The summed E-state index contributed by atoms with van der Waals surface area (Å²) in [5.41, 5.74) is 2.21. The zero-order valence-electron chi connectivity index (χ0n) is 16.5. The van der Waals surface area contributed by atoms with Crippen LogP contribution in [0.1, 0.15) is 30.4 Å². The molecule has 3 aromatic rings. The number of fused-ring (bicyclic) bond motifs is 1. The van der Waals surface area contributed by atoms with Crippen molar-refractivity contribution >= 4 is 17.4 Å². The van der Waals surface area contributed by atoms with Gasteiger partial charge in [-0.25, -0.2) is 23.1 Å². The lowest BCUT2D eigenvalue weighted by molar-refractivity contribution is -0.117. The number of imidazole rings is 1. The van der Waals surface area contributed by atoms with Crippen molar-refractivity contribution in [2.45, 2.75) is 33.7 Å². The lowest BCUT2D eigenvalue weighted by Gasteiger charge is -2.20. The van der Waals surface area contributed by atoms with Gasteiger partial charge in [-0.05, 0) is 45.0 Å². The van der Waals surface area contributed by atoms with Gasteiger partial charge in [0.2, 0.25) is 11.7 Å². The molecule has 1 N–H and O–H groups in total. The number of carbonyl (C=O) groups excluding carboxylic acids is 1. The first-order chi connectivity index (χ1) is 13.8. The number of anilines is 1. The highest BCUT2D eigenvalue weighted by Gasteiger charge is 2.18. The van der Waals surface area contributed by atoms with Gasteiger partial charge in [0.05, 0.1) is 17.9 Å². The van der Waals surface area contributed by atoms with E-state index in [9.17, 15) is 18.0 Å². The summed E-state index contributed by atoms with van der Waals surface area (Å²) in [5, 5.41) is 2.30. The smallest absolute Gasteiger partial charge is 0.238 e. The summed E-state index contributed by atoms with van der Waals surface area (Å²) in [6, 6.07) is 3.71. The van der Waals surface area contributed by atoms with Gasteiger partial charge in [-0.3, -0.25) is 14.1 Å². The molecular weight excluding hydrogens is 383 g/mol. The molecule has 0 unspecified atom stereocenters. The summed E-state index contributed by atoms with van der Waals surface area (Å²) in [5.74, 6) is -4.28. The maximum atomic E-state index is 13.8. The van der Waals surface area contributed by atoms with Gasteiger partial charge in [0.1, 0.15) is 0 Å². The first-order valence-electron chi connectivity index (χ1n) is 9.26. The number of aryl methyl sites for hydroxylation is 2. The fourth-order valence-corrected chi connectivity index (χ4v) is 3.17. The molecule has 154 valence electrons. The van der Waals surface area contributed by atoms with E-state index in [2.05, 4.69) is 15.3 Å². The maximum Gasteiger partial charge on any atom is 0.238 e. The number of rotatable bonds is 7. The molecule has 0 saturated carbocycles. The molecule has 1 amide bonds. The summed E-state index contributed by atoms with van der Waals surface area (Å²) in [6.07, 6.45) is 2.66. The van der Waals surface area contributed by atoms with E-state index in [1.807, 2.05) is 42.3 Å². The molecule has 0 aliphatic carbocycles. The molecular formula is C20H22F3N5O. The minimum atomic E-state index is -1.61. The second-order valence-electron chi connectivity index (χ2n) is 6.92. The highest BCUT2D eigenvalue weighted by Crippen LogP contribution is 2.19. The Labute approximate surface area is 166 Å². The highest BCUT2D eigenvalue weighted by atomic mass is 19.2. The summed E-state index contributed by atoms with van der Waals surface area (Å²) in [6.45, 7) is 6.77. The third-order valence-electron chi connectivity index (χ3n) is 4.41. The second kappa shape index (κ2) is 8.60. The highest BCUT2D eigenvalue weighted by molar-refractivity contribution is 5.92. The Kier molecular flexibility index (Phi) is 6.17. The minimum absolute atomic E-state index is 0.0500. The van der Waals surface area contributed by atoms with Crippen LogP contribution in [0.3, 0.4) is 0 Å². The molecule has 0 spiro atoms. The molecule has 3 rings (SSSR count). The topological polar surface area (TPSA) is 62.5 Å². The number of benzene rings is 1. The third-order valence-corrected chi connectivity index (χ3v) is 4.41. The van der Waals surface area contributed by atoms with E-state index in [-0.39, 0.29) is 6.54 Å². The summed E-state index contributed by atoms with van der Waals surface area (Å²) >= 11 is 0. The van der Waals surface area contributed by atoms with Gasteiger partial charge < -0.3 is 5.32 Å². The van der Waals surface area contributed by atoms with Crippen molar-refractivity contribution in [3.05, 3.63) is 58.9 Å². The fourth-order valence-electron chi connectivity index (χ4n) is 3.17. The molecule has 2 aromatic heterocycles. The molecule has 0 bridgehead atoms. The molecule has 2 heterocycles. The SMILES string of the molecule is CCCN(CC(=O)Nc1ccc(F)c(F)c1F)Cc1cn2c(C)cc(C)nc2n1. The average molecular weight is 405 g/mol. The van der Waals surface area contributed by atoms with E-state index in [4.69, 9.17) is 0 Å². The van der Waals surface area contributed by atoms with E-state index in [0.29, 0.717) is 18.9 Å². The maximum absolute atomic E-state index is 13.8. The van der Waals surface area contributed by atoms with Crippen molar-refractivity contribution in [3.8, 4) is 0 Å². The molecule has 0 radical (unpaired) electrons. The molecule has 1 aromatic carbocycles. The van der Waals surface area contributed by atoms with E-state index in [1.165, 1.54) is 0 Å². The number of aromatic nitrogens is 3. The van der Waals surface area contributed by atoms with Gasteiger partial charge in [0.25, 0.3) is 0 Å². The van der Waals surface area contributed by atoms with Crippen LogP contribution >= 0.6 is 0 Å². The van der Waals surface area contributed by atoms with Crippen LogP contribution in [0.25, 0.3) is 5.78 Å². The third kappa shape index (κ3) is 4.73. The van der Waals surface area contributed by atoms with Gasteiger partial charge in [-0.1, -0.05) is 6.92 Å². The molecule has 6 nitrogen and oxygen atoms in total. The predicted octanol–water partition coefficient (Wildman–Crippen LogP) is 3.61. The summed E-state index contributed by atoms with van der Waals surface area (Å²) < 4.78 is 42.0. The Hall–Kier alpha value is -2.94. The van der Waals surface area contributed by atoms with E-state index in [0.717, 1.165) is 35.6 Å². The van der Waals surface area contributed by atoms with Crippen molar-refractivity contribution in [3.63, 3.8) is 0 Å². The van der Waals surface area contributed by atoms with Crippen LogP contribution in [0.2, 0.25) is 0 Å². The number of nitrogens with zero attached hydrogens (tertiary/aromatic N) is 4. The number of halogens is 3. The first kappa shape index (κ1) is 20.8. The summed E-state index contributed by atoms with van der Waals surface area (Å²) in [4.78, 5) is 23.1. The minimum Gasteiger partial charge on any atom is -0.322 e. The Morgan fingerprint density at radius 2 is 1.93 bits per heavy atom. The Morgan fingerprint density at radius 1 is 1.17 bits per heavy atom. The zero-order valence-corrected chi connectivity index (χ0v) is 16.5. The van der Waals surface area contributed by atoms with Crippen molar-refractivity contribution in [1.82, 2.24) is 19.3 Å². The van der Waals surface area contributed by atoms with E-state index < -0.39 is 29.0 Å². The van der Waals surface area contributed by atoms with Crippen LogP contribution in [0.15, 0.2) is 24.4 Å². The number of carbonyl (C=O) groups is 1. The molecule has 0 aliphatic heterocycles. The van der Waals surface area contributed by atoms with Crippen LogP contribution in [-0.2, 0) is 11.3 Å². The van der Waals surface area contributed by atoms with Gasteiger partial charge in [0, 0.05) is 24.1 Å². The Balaban J connectivity index is 1.72. The molecule has 29 heavy (non-hydrogen) atoms. The molecule has 0 saturated heterocycles. The average Bonchev–Trinajstić information content (AvgIpc) is 3.05. The number of amides is 1. The van der Waals surface area contributed by atoms with Crippen LogP contribution in [-0.4, -0.2) is 38.3 Å². The van der Waals surface area contributed by atoms with Crippen molar-refractivity contribution in [1.29, 1.82) is 0 Å². The largest absolute Gasteiger partial charge is 0.322 e. The molecule has 9 heteroatoms. The second-order valence-corrected chi connectivity index (χ2v) is 6.92. The van der Waals surface area contributed by atoms with E-state index >= 15 is 0 Å². The van der Waals surface area contributed by atoms with Crippen molar-refractivity contribution < 1.29 is 18.0 Å². The molecule has 0 atom stereocenters. The first-order valence-corrected chi connectivity index (χ1v) is 9.26. The van der Waals surface area contributed by atoms with Gasteiger partial charge in [0.15, 0.2) is 17.5 Å². The van der Waals surface area contributed by atoms with Crippen LogP contribution in [0, 0.1) is 31.3 Å². The monoisotopic (exact) mass is 405 g/mol. The van der Waals surface area contributed by atoms with Crippen molar-refractivity contribution in [2.75, 3.05) is 18.4 Å². The van der Waals surface area contributed by atoms with Crippen LogP contribution in [0.4, 0.5) is 18.9 Å². The van der Waals surface area contributed by atoms with E-state index in [1.54, 1.807) is 0 Å². The van der Waals surface area contributed by atoms with Crippen LogP contribution in [0.5, 0.6) is 0 Å². The molecule has 0 aliphatic rings. The van der Waals surface area contributed by atoms with Gasteiger partial charge in [-0.2, -0.15) is 0 Å². The van der Waals surface area contributed by atoms with Crippen molar-refractivity contribution in [2.24, 2.45) is 0 Å². The standard InChI is InChI=1S/C20H22F3N5O/c1-4-7-27(9-14-10-28-13(3)8-12(2)24-20(28)25-14)11-17(29)26-16-6-5-15(21)18(22)19(16)23/h5-6,8,10H,4,7,9,11H2,1-3H3,(H,26,29). The summed E-state index contributed by atoms with van der Waals surface area (Å²) in [7, 11) is 0. The fraction of sp³-hybridized carbons (Fsp3) is 0.350. The quantitative estimate of drug-likeness (QED) is 0.610. The Morgan fingerprint density at radius 3 is 2.66 bits per heavy atom. The zero-order chi connectivity index (χ0) is 21.1. The van der Waals surface area contributed by atoms with Crippen LogP contribution < -0.4 is 5.32 Å². The normalized spacial score (nSPS) is 11.4. The number of hydrogen-bond acceptors (Lipinski definition) is 4. The lowest BCUT2D eigenvalue weighted by Crippen LogP contribution is -2.33. The number of hydrogen-bond donors (Lipinski definition) is 1. The molecule has 0 fully saturated rings. The van der Waals surface area contributed by atoms with Gasteiger partial charge >= 0.3 is 0 Å². The predicted molar refractivity (Wildman–Crippen MR) is 103 cm³/mol.